The fourth-order valence-electron chi connectivity index (χ4n) is 1.93. The molecule has 0 heterocycles. The van der Waals surface area contributed by atoms with Crippen LogP contribution in [0.15, 0.2) is 30.3 Å². The molecule has 2 aromatic carbocycles. The molecule has 2 rings (SSSR count). The zero-order valence-corrected chi connectivity index (χ0v) is 10.2. The Kier molecular flexibility index (Phi) is 3.69. The molecule has 0 aliphatic heterocycles. The van der Waals surface area contributed by atoms with Crippen molar-refractivity contribution in [1.29, 1.82) is 0 Å². The lowest BCUT2D eigenvalue weighted by atomic mass is 9.99. The van der Waals surface area contributed by atoms with Crippen LogP contribution in [0.5, 0.6) is 0 Å². The molecule has 0 spiro atoms. The molecule has 0 atom stereocenters. The molecule has 0 fully saturated rings. The number of halogens is 3. The Hall–Kier alpha value is -2.10. The van der Waals surface area contributed by atoms with Crippen LogP contribution >= 0.6 is 0 Å². The van der Waals surface area contributed by atoms with Gasteiger partial charge in [0.05, 0.1) is 5.56 Å². The van der Waals surface area contributed by atoms with E-state index in [2.05, 4.69) is 0 Å². The topological polar surface area (TPSA) is 17.1 Å². The van der Waals surface area contributed by atoms with E-state index >= 15 is 0 Å². The van der Waals surface area contributed by atoms with Crippen LogP contribution < -0.4 is 0 Å². The summed E-state index contributed by atoms with van der Waals surface area (Å²) in [6.07, 6.45) is 0.588. The second-order valence-electron chi connectivity index (χ2n) is 4.10. The summed E-state index contributed by atoms with van der Waals surface area (Å²) in [4.78, 5) is 10.5. The monoisotopic (exact) mass is 264 g/mol. The van der Waals surface area contributed by atoms with E-state index in [9.17, 15) is 18.0 Å². The Morgan fingerprint density at radius 2 is 1.74 bits per heavy atom. The summed E-state index contributed by atoms with van der Waals surface area (Å²) < 4.78 is 41.1. The molecule has 98 valence electrons. The van der Waals surface area contributed by atoms with E-state index in [1.807, 2.05) is 0 Å². The minimum Gasteiger partial charge on any atom is -0.298 e. The van der Waals surface area contributed by atoms with Gasteiger partial charge in [0.1, 0.15) is 17.5 Å². The average Bonchev–Trinajstić information content (AvgIpc) is 2.38. The summed E-state index contributed by atoms with van der Waals surface area (Å²) >= 11 is 0. The van der Waals surface area contributed by atoms with Crippen molar-refractivity contribution in [3.05, 3.63) is 58.9 Å². The second kappa shape index (κ2) is 5.26. The SMILES string of the molecule is CCc1cccc(-c2cc(F)c(C=O)c(F)c2)c1F. The van der Waals surface area contributed by atoms with E-state index in [1.54, 1.807) is 19.1 Å². The molecule has 4 heteroatoms. The number of rotatable bonds is 3. The Labute approximate surface area is 108 Å². The van der Waals surface area contributed by atoms with Crippen LogP contribution in [0.25, 0.3) is 11.1 Å². The van der Waals surface area contributed by atoms with Crippen molar-refractivity contribution >= 4 is 6.29 Å². The van der Waals surface area contributed by atoms with E-state index in [0.717, 1.165) is 12.1 Å². The molecule has 0 N–H and O–H groups in total. The lowest BCUT2D eigenvalue weighted by Crippen LogP contribution is -1.97. The first kappa shape index (κ1) is 13.3. The molecule has 1 nitrogen and oxygen atoms in total. The molecule has 0 saturated carbocycles. The van der Waals surface area contributed by atoms with Crippen LogP contribution in [0.4, 0.5) is 13.2 Å². The normalized spacial score (nSPS) is 10.5. The zero-order chi connectivity index (χ0) is 14.0. The van der Waals surface area contributed by atoms with Crippen molar-refractivity contribution in [2.45, 2.75) is 13.3 Å². The van der Waals surface area contributed by atoms with Gasteiger partial charge in [-0.1, -0.05) is 25.1 Å². The summed E-state index contributed by atoms with van der Waals surface area (Å²) in [7, 11) is 0. The summed E-state index contributed by atoms with van der Waals surface area (Å²) in [6.45, 7) is 1.79. The highest BCUT2D eigenvalue weighted by atomic mass is 19.1. The van der Waals surface area contributed by atoms with Gasteiger partial charge < -0.3 is 0 Å². The van der Waals surface area contributed by atoms with Gasteiger partial charge in [0, 0.05) is 5.56 Å². The zero-order valence-electron chi connectivity index (χ0n) is 10.2. The Morgan fingerprint density at radius 1 is 1.11 bits per heavy atom. The fourth-order valence-corrected chi connectivity index (χ4v) is 1.93. The van der Waals surface area contributed by atoms with E-state index in [0.29, 0.717) is 12.0 Å². The minimum absolute atomic E-state index is 0.0772. The number of hydrogen-bond donors (Lipinski definition) is 0. The number of carbonyl (C=O) groups is 1. The van der Waals surface area contributed by atoms with Gasteiger partial charge in [-0.05, 0) is 29.7 Å². The van der Waals surface area contributed by atoms with Crippen molar-refractivity contribution in [3.63, 3.8) is 0 Å². The molecule has 0 aromatic heterocycles. The molecule has 0 aliphatic rings. The first-order valence-corrected chi connectivity index (χ1v) is 5.80. The molecule has 0 bridgehead atoms. The molecule has 0 amide bonds. The third-order valence-electron chi connectivity index (χ3n) is 2.97. The van der Waals surface area contributed by atoms with Crippen molar-refractivity contribution < 1.29 is 18.0 Å². The predicted molar refractivity (Wildman–Crippen MR) is 66.5 cm³/mol. The number of hydrogen-bond acceptors (Lipinski definition) is 1. The highest BCUT2D eigenvalue weighted by molar-refractivity contribution is 5.78. The standard InChI is InChI=1S/C15H11F3O/c1-2-9-4-3-5-11(15(9)18)10-6-13(16)12(8-19)14(17)7-10/h3-8H,2H2,1H3. The molecule has 19 heavy (non-hydrogen) atoms. The Balaban J connectivity index is 2.63. The maximum absolute atomic E-state index is 14.1. The lowest BCUT2D eigenvalue weighted by Gasteiger charge is -2.08. The molecular formula is C15H11F3O. The van der Waals surface area contributed by atoms with Gasteiger partial charge in [0.25, 0.3) is 0 Å². The summed E-state index contributed by atoms with van der Waals surface area (Å²) in [5, 5.41) is 0. The highest BCUT2D eigenvalue weighted by Crippen LogP contribution is 2.28. The van der Waals surface area contributed by atoms with Gasteiger partial charge >= 0.3 is 0 Å². The maximum atomic E-state index is 14.1. The largest absolute Gasteiger partial charge is 0.298 e. The number of aldehydes is 1. The predicted octanol–water partition coefficient (Wildman–Crippen LogP) is 4.15. The van der Waals surface area contributed by atoms with E-state index in [4.69, 9.17) is 0 Å². The minimum atomic E-state index is -0.994. The summed E-state index contributed by atoms with van der Waals surface area (Å²) in [6, 6.07) is 6.62. The van der Waals surface area contributed by atoms with E-state index < -0.39 is 23.0 Å². The Bertz CT molecular complexity index is 612. The van der Waals surface area contributed by atoms with Gasteiger partial charge in [-0.2, -0.15) is 0 Å². The fraction of sp³-hybridized carbons (Fsp3) is 0.133. The van der Waals surface area contributed by atoms with Crippen LogP contribution in [0.2, 0.25) is 0 Å². The lowest BCUT2D eigenvalue weighted by molar-refractivity contribution is 0.111. The van der Waals surface area contributed by atoms with E-state index in [1.165, 1.54) is 6.07 Å². The first-order chi connectivity index (χ1) is 9.08. The molecule has 0 radical (unpaired) electrons. The molecule has 0 unspecified atom stereocenters. The van der Waals surface area contributed by atoms with Crippen LogP contribution in [0, 0.1) is 17.5 Å². The van der Waals surface area contributed by atoms with Gasteiger partial charge in [0.2, 0.25) is 0 Å². The van der Waals surface area contributed by atoms with Crippen molar-refractivity contribution in [2.75, 3.05) is 0 Å². The molecule has 2 aromatic rings. The van der Waals surface area contributed by atoms with Gasteiger partial charge in [-0.3, -0.25) is 4.79 Å². The van der Waals surface area contributed by atoms with Gasteiger partial charge in [-0.25, -0.2) is 13.2 Å². The molecular weight excluding hydrogens is 253 g/mol. The maximum Gasteiger partial charge on any atom is 0.155 e. The van der Waals surface area contributed by atoms with Crippen LogP contribution in [0.3, 0.4) is 0 Å². The molecule has 0 aliphatic carbocycles. The van der Waals surface area contributed by atoms with Crippen molar-refractivity contribution in [2.24, 2.45) is 0 Å². The third kappa shape index (κ3) is 2.38. The molecule has 0 saturated heterocycles. The Morgan fingerprint density at radius 3 is 2.26 bits per heavy atom. The smallest absolute Gasteiger partial charge is 0.155 e. The van der Waals surface area contributed by atoms with Gasteiger partial charge in [-0.15, -0.1) is 0 Å². The van der Waals surface area contributed by atoms with Crippen molar-refractivity contribution in [3.8, 4) is 11.1 Å². The summed E-state index contributed by atoms with van der Waals surface area (Å²) in [5.41, 5.74) is 0.0246. The third-order valence-corrected chi connectivity index (χ3v) is 2.97. The van der Waals surface area contributed by atoms with Crippen LogP contribution in [-0.2, 0) is 6.42 Å². The first-order valence-electron chi connectivity index (χ1n) is 5.80. The average molecular weight is 264 g/mol. The number of aryl methyl sites for hydroxylation is 1. The van der Waals surface area contributed by atoms with Crippen molar-refractivity contribution in [1.82, 2.24) is 0 Å². The van der Waals surface area contributed by atoms with Gasteiger partial charge in [0.15, 0.2) is 6.29 Å². The second-order valence-corrected chi connectivity index (χ2v) is 4.10. The quantitative estimate of drug-likeness (QED) is 0.761. The summed E-state index contributed by atoms with van der Waals surface area (Å²) in [5.74, 6) is -2.49. The highest BCUT2D eigenvalue weighted by Gasteiger charge is 2.14. The van der Waals surface area contributed by atoms with E-state index in [-0.39, 0.29) is 17.4 Å². The number of carbonyl (C=O) groups excluding carboxylic acids is 1. The number of benzene rings is 2. The van der Waals surface area contributed by atoms with Crippen LogP contribution in [-0.4, -0.2) is 6.29 Å². The van der Waals surface area contributed by atoms with Crippen LogP contribution in [0.1, 0.15) is 22.8 Å².